The van der Waals surface area contributed by atoms with Gasteiger partial charge in [0.15, 0.2) is 16.8 Å². The van der Waals surface area contributed by atoms with E-state index in [1.807, 2.05) is 0 Å². The molecule has 2 aromatic carbocycles. The number of aromatic hydroxyl groups is 2. The van der Waals surface area contributed by atoms with E-state index < -0.39 is 48.5 Å². The Morgan fingerprint density at radius 3 is 2.33 bits per heavy atom. The van der Waals surface area contributed by atoms with Crippen molar-refractivity contribution >= 4 is 11.0 Å². The van der Waals surface area contributed by atoms with Crippen molar-refractivity contribution in [1.82, 2.24) is 0 Å². The summed E-state index contributed by atoms with van der Waals surface area (Å²) < 4.78 is 22.2. The highest BCUT2D eigenvalue weighted by molar-refractivity contribution is 5.91. The summed E-state index contributed by atoms with van der Waals surface area (Å²) in [5.41, 5.74) is -0.412. The maximum atomic E-state index is 12.8. The molecule has 1 fully saturated rings. The van der Waals surface area contributed by atoms with Crippen LogP contribution in [0.3, 0.4) is 0 Å². The summed E-state index contributed by atoms with van der Waals surface area (Å²) in [6.45, 7) is -0.668. The Bertz CT molecular complexity index is 1200. The van der Waals surface area contributed by atoms with Gasteiger partial charge in [0.05, 0.1) is 13.7 Å². The molecule has 4 rings (SSSR count). The van der Waals surface area contributed by atoms with E-state index in [0.29, 0.717) is 5.56 Å². The molecule has 11 nitrogen and oxygen atoms in total. The van der Waals surface area contributed by atoms with Crippen molar-refractivity contribution in [1.29, 1.82) is 0 Å². The lowest BCUT2D eigenvalue weighted by molar-refractivity contribution is -0.277. The van der Waals surface area contributed by atoms with Crippen molar-refractivity contribution in [2.24, 2.45) is 0 Å². The van der Waals surface area contributed by atoms with Crippen LogP contribution in [0.25, 0.3) is 22.3 Å². The van der Waals surface area contributed by atoms with Gasteiger partial charge in [0.25, 0.3) is 0 Å². The first-order valence-electron chi connectivity index (χ1n) is 9.89. The van der Waals surface area contributed by atoms with Crippen molar-refractivity contribution in [2.45, 2.75) is 30.7 Å². The lowest BCUT2D eigenvalue weighted by Gasteiger charge is -2.39. The first-order chi connectivity index (χ1) is 15.7. The van der Waals surface area contributed by atoms with Gasteiger partial charge in [-0.15, -0.1) is 0 Å². The quantitative estimate of drug-likeness (QED) is 0.302. The lowest BCUT2D eigenvalue weighted by atomic mass is 9.99. The van der Waals surface area contributed by atoms with Gasteiger partial charge in [-0.1, -0.05) is 0 Å². The Kier molecular flexibility index (Phi) is 6.15. The van der Waals surface area contributed by atoms with Crippen LogP contribution >= 0.6 is 0 Å². The molecule has 11 heteroatoms. The first-order valence-corrected chi connectivity index (χ1v) is 9.89. The Hall–Kier alpha value is -3.35. The third kappa shape index (κ3) is 4.08. The van der Waals surface area contributed by atoms with E-state index in [1.165, 1.54) is 31.4 Å². The van der Waals surface area contributed by atoms with Gasteiger partial charge >= 0.3 is 0 Å². The summed E-state index contributed by atoms with van der Waals surface area (Å²) in [6, 6.07) is 8.08. The molecule has 2 heterocycles. The highest BCUT2D eigenvalue weighted by Gasteiger charge is 2.45. The lowest BCUT2D eigenvalue weighted by Crippen LogP contribution is -2.60. The van der Waals surface area contributed by atoms with Crippen LogP contribution in [-0.4, -0.2) is 75.1 Å². The summed E-state index contributed by atoms with van der Waals surface area (Å²) in [6.07, 6.45) is -7.85. The second kappa shape index (κ2) is 8.89. The average Bonchev–Trinajstić information content (AvgIpc) is 2.80. The number of hydrogen-bond acceptors (Lipinski definition) is 11. The van der Waals surface area contributed by atoms with E-state index in [1.54, 1.807) is 0 Å². The molecule has 3 aromatic rings. The van der Waals surface area contributed by atoms with Crippen LogP contribution in [0.1, 0.15) is 0 Å². The molecule has 33 heavy (non-hydrogen) atoms. The number of fused-ring (bicyclic) bond motifs is 1. The van der Waals surface area contributed by atoms with E-state index in [4.69, 9.17) is 18.6 Å². The highest BCUT2D eigenvalue weighted by atomic mass is 16.7. The number of benzene rings is 2. The average molecular weight is 462 g/mol. The highest BCUT2D eigenvalue weighted by Crippen LogP contribution is 2.42. The first kappa shape index (κ1) is 22.8. The molecular formula is C22H22O11. The number of aliphatic hydroxyl groups is 4. The molecule has 6 N–H and O–H groups in total. The zero-order valence-corrected chi connectivity index (χ0v) is 17.3. The predicted octanol–water partition coefficient (Wildman–Crippen LogP) is 0.0585. The Labute approximate surface area is 186 Å². The number of methoxy groups -OCH3 is 1. The molecule has 1 aromatic heterocycles. The number of rotatable bonds is 5. The number of phenols is 2. The second-order valence-corrected chi connectivity index (χ2v) is 7.47. The molecular weight excluding hydrogens is 440 g/mol. The molecule has 5 atom stereocenters. The monoisotopic (exact) mass is 462 g/mol. The van der Waals surface area contributed by atoms with Gasteiger partial charge in [-0.3, -0.25) is 4.79 Å². The minimum absolute atomic E-state index is 0.00726. The van der Waals surface area contributed by atoms with Crippen LogP contribution in [0.15, 0.2) is 45.6 Å². The van der Waals surface area contributed by atoms with Gasteiger partial charge in [0, 0.05) is 17.7 Å². The maximum Gasteiger partial charge on any atom is 0.229 e. The van der Waals surface area contributed by atoms with Crippen LogP contribution < -0.4 is 14.9 Å². The van der Waals surface area contributed by atoms with Crippen LogP contribution in [0.2, 0.25) is 0 Å². The van der Waals surface area contributed by atoms with Gasteiger partial charge < -0.3 is 49.3 Å². The third-order valence-corrected chi connectivity index (χ3v) is 5.36. The zero-order valence-electron chi connectivity index (χ0n) is 17.3. The van der Waals surface area contributed by atoms with Crippen molar-refractivity contribution in [3.8, 4) is 34.3 Å². The fourth-order valence-corrected chi connectivity index (χ4v) is 3.58. The Morgan fingerprint density at radius 2 is 1.70 bits per heavy atom. The molecule has 176 valence electrons. The minimum Gasteiger partial charge on any atom is -0.508 e. The van der Waals surface area contributed by atoms with E-state index in [9.17, 15) is 35.4 Å². The molecule has 0 aliphatic carbocycles. The molecule has 0 spiro atoms. The molecule has 1 unspecified atom stereocenters. The topological polar surface area (TPSA) is 179 Å². The summed E-state index contributed by atoms with van der Waals surface area (Å²) >= 11 is 0. The van der Waals surface area contributed by atoms with Crippen LogP contribution in [0, 0.1) is 0 Å². The Balaban J connectivity index is 1.86. The van der Waals surface area contributed by atoms with Gasteiger partial charge in [0.2, 0.25) is 12.0 Å². The van der Waals surface area contributed by atoms with E-state index in [2.05, 4.69) is 0 Å². The minimum atomic E-state index is -1.73. The number of hydrogen-bond donors (Lipinski definition) is 6. The smallest absolute Gasteiger partial charge is 0.229 e. The number of phenolic OH excluding ortho intramolecular Hbond substituents is 2. The van der Waals surface area contributed by atoms with E-state index >= 15 is 0 Å². The fourth-order valence-electron chi connectivity index (χ4n) is 3.58. The molecule has 0 bridgehead atoms. The molecule has 0 saturated carbocycles. The van der Waals surface area contributed by atoms with E-state index in [-0.39, 0.29) is 34.0 Å². The third-order valence-electron chi connectivity index (χ3n) is 5.36. The summed E-state index contributed by atoms with van der Waals surface area (Å²) in [4.78, 5) is 12.8. The second-order valence-electron chi connectivity index (χ2n) is 7.47. The summed E-state index contributed by atoms with van der Waals surface area (Å²) in [5, 5.41) is 59.4. The van der Waals surface area contributed by atoms with Crippen LogP contribution in [0.4, 0.5) is 0 Å². The number of ether oxygens (including phenoxy) is 3. The normalized spacial score (nSPS) is 25.2. The van der Waals surface area contributed by atoms with Crippen LogP contribution in [0.5, 0.6) is 23.0 Å². The van der Waals surface area contributed by atoms with Crippen LogP contribution in [-0.2, 0) is 4.74 Å². The fraction of sp³-hybridized carbons (Fsp3) is 0.318. The molecule has 1 aliphatic rings. The summed E-state index contributed by atoms with van der Waals surface area (Å²) in [7, 11) is 1.27. The Morgan fingerprint density at radius 1 is 1.00 bits per heavy atom. The predicted molar refractivity (Wildman–Crippen MR) is 112 cm³/mol. The molecule has 1 saturated heterocycles. The van der Waals surface area contributed by atoms with Crippen molar-refractivity contribution in [3.63, 3.8) is 0 Å². The van der Waals surface area contributed by atoms with Gasteiger partial charge in [0.1, 0.15) is 47.1 Å². The van der Waals surface area contributed by atoms with Gasteiger partial charge in [-0.25, -0.2) is 0 Å². The largest absolute Gasteiger partial charge is 0.508 e. The van der Waals surface area contributed by atoms with E-state index in [0.717, 1.165) is 12.1 Å². The van der Waals surface area contributed by atoms with Crippen molar-refractivity contribution < 1.29 is 49.3 Å². The maximum absolute atomic E-state index is 12.8. The summed E-state index contributed by atoms with van der Waals surface area (Å²) in [5.74, 6) is -0.670. The molecule has 0 amide bonds. The molecule has 1 aliphatic heterocycles. The van der Waals surface area contributed by atoms with Gasteiger partial charge in [-0.2, -0.15) is 0 Å². The number of aliphatic hydroxyl groups excluding tert-OH is 4. The van der Waals surface area contributed by atoms with Crippen molar-refractivity contribution in [2.75, 3.05) is 13.7 Å². The molecule has 0 radical (unpaired) electrons. The zero-order chi connectivity index (χ0) is 23.9. The van der Waals surface area contributed by atoms with Crippen molar-refractivity contribution in [3.05, 3.63) is 46.6 Å². The SMILES string of the molecule is COc1cc(O)c2c(=O)cc(-c3ccc(O)cc3)oc2c1OC1O[C@@H](CO)[C@H](O)[C@@H](O)[C@@H]1O. The van der Waals surface area contributed by atoms with Gasteiger partial charge in [-0.05, 0) is 24.3 Å². The standard InChI is InChI=1S/C22H22O11/c1-30-14-7-12(26)16-11(25)6-13(9-2-4-10(24)5-3-9)31-21(16)20(14)33-22-19(29)18(28)17(27)15(8-23)32-22/h2-7,15,17-19,22-24,26-29H,8H2,1H3/t15-,17-,18+,19-,22?/m0/s1.